The summed E-state index contributed by atoms with van der Waals surface area (Å²) in [6.45, 7) is 1.39. The van der Waals surface area contributed by atoms with Gasteiger partial charge in [0.2, 0.25) is 0 Å². The second kappa shape index (κ2) is 7.37. The molecule has 0 aromatic carbocycles. The molecule has 2 aromatic rings. The van der Waals surface area contributed by atoms with Gasteiger partial charge in [0, 0.05) is 13.1 Å². The molecule has 0 saturated carbocycles. The highest BCUT2D eigenvalue weighted by Gasteiger charge is 2.44. The van der Waals surface area contributed by atoms with E-state index in [1.54, 1.807) is 4.57 Å². The average Bonchev–Trinajstić information content (AvgIpc) is 3.12. The monoisotopic (exact) mass is 365 g/mol. The second-order valence-corrected chi connectivity index (χ2v) is 6.20. The van der Waals surface area contributed by atoms with Gasteiger partial charge in [-0.2, -0.15) is 0 Å². The quantitative estimate of drug-likeness (QED) is 0.265. The third-order valence-corrected chi connectivity index (χ3v) is 4.27. The lowest BCUT2D eigenvalue weighted by Gasteiger charge is -2.22. The Balaban J connectivity index is 1.71. The molecule has 0 unspecified atom stereocenters. The first-order valence-electron chi connectivity index (χ1n) is 8.07. The van der Waals surface area contributed by atoms with Crippen LogP contribution in [0, 0.1) is 0 Å². The van der Waals surface area contributed by atoms with Crippen molar-refractivity contribution in [2.75, 3.05) is 32.4 Å². The number of aliphatic hydroxyl groups is 2. The van der Waals surface area contributed by atoms with Crippen LogP contribution in [-0.4, -0.2) is 85.6 Å². The van der Waals surface area contributed by atoms with E-state index in [2.05, 4.69) is 19.9 Å². The van der Waals surface area contributed by atoms with E-state index >= 15 is 0 Å². The second-order valence-electron chi connectivity index (χ2n) is 6.20. The molecular formula is C14H23N9O3. The number of likely N-dealkylation sites (N-methyl/N-ethyl adjacent to an activating group) is 1. The standard InChI is InChI=1S/C14H23N9O3/c1-22(3-2-18-14(16)17)4-7-9(24)10(25)13(26-7)23-6-21-8-11(15)19-5-20-12(8)23/h5-7,9-10,13,24-25H,2-4H2,1H3,(H2,15,19,20)(H4,16,17,18)/t7-,9-,10-,13-/m1/s1. The van der Waals surface area contributed by atoms with Gasteiger partial charge in [-0.1, -0.05) is 0 Å². The zero-order valence-electron chi connectivity index (χ0n) is 14.3. The minimum absolute atomic E-state index is 0.0271. The number of aliphatic hydroxyl groups excluding tert-OH is 2. The summed E-state index contributed by atoms with van der Waals surface area (Å²) in [6.07, 6.45) is -0.873. The molecule has 0 bridgehead atoms. The van der Waals surface area contributed by atoms with Crippen LogP contribution in [0.1, 0.15) is 6.23 Å². The number of fused-ring (bicyclic) bond motifs is 1. The number of anilines is 1. The first-order valence-corrected chi connectivity index (χ1v) is 8.07. The summed E-state index contributed by atoms with van der Waals surface area (Å²) in [7, 11) is 1.85. The maximum Gasteiger partial charge on any atom is 0.185 e. The van der Waals surface area contributed by atoms with Gasteiger partial charge in [0.25, 0.3) is 0 Å². The number of imidazole rings is 1. The lowest BCUT2D eigenvalue weighted by molar-refractivity contribution is -0.0419. The van der Waals surface area contributed by atoms with Crippen LogP contribution in [-0.2, 0) is 4.74 Å². The molecule has 0 spiro atoms. The van der Waals surface area contributed by atoms with Crippen molar-refractivity contribution in [3.8, 4) is 0 Å². The molecule has 1 fully saturated rings. The number of nitrogen functional groups attached to an aromatic ring is 1. The molecule has 0 amide bonds. The number of hydrogen-bond donors (Lipinski definition) is 5. The largest absolute Gasteiger partial charge is 0.387 e. The van der Waals surface area contributed by atoms with Crippen molar-refractivity contribution < 1.29 is 14.9 Å². The Bertz CT molecular complexity index is 791. The molecule has 12 nitrogen and oxygen atoms in total. The number of aromatic nitrogens is 4. The summed E-state index contributed by atoms with van der Waals surface area (Å²) < 4.78 is 7.41. The molecule has 3 heterocycles. The molecule has 0 aliphatic carbocycles. The fourth-order valence-electron chi connectivity index (χ4n) is 2.91. The van der Waals surface area contributed by atoms with Crippen LogP contribution in [0.3, 0.4) is 0 Å². The number of nitrogens with two attached hydrogens (primary N) is 3. The molecule has 12 heteroatoms. The molecule has 2 aromatic heterocycles. The first kappa shape index (κ1) is 18.3. The number of nitrogens with zero attached hydrogens (tertiary/aromatic N) is 6. The van der Waals surface area contributed by atoms with Crippen LogP contribution >= 0.6 is 0 Å². The van der Waals surface area contributed by atoms with Gasteiger partial charge in [0.1, 0.15) is 30.2 Å². The minimum Gasteiger partial charge on any atom is -0.387 e. The van der Waals surface area contributed by atoms with Gasteiger partial charge >= 0.3 is 0 Å². The third-order valence-electron chi connectivity index (χ3n) is 4.27. The molecule has 1 aliphatic rings. The van der Waals surface area contributed by atoms with Gasteiger partial charge in [0.05, 0.1) is 12.9 Å². The zero-order valence-corrected chi connectivity index (χ0v) is 14.3. The Hall–Kier alpha value is -2.54. The van der Waals surface area contributed by atoms with Crippen LogP contribution in [0.2, 0.25) is 0 Å². The predicted molar refractivity (Wildman–Crippen MR) is 93.8 cm³/mol. The Kier molecular flexibility index (Phi) is 5.18. The maximum atomic E-state index is 10.4. The van der Waals surface area contributed by atoms with E-state index in [1.165, 1.54) is 12.7 Å². The van der Waals surface area contributed by atoms with Gasteiger partial charge < -0.3 is 37.1 Å². The molecule has 8 N–H and O–H groups in total. The highest BCUT2D eigenvalue weighted by molar-refractivity contribution is 5.81. The molecular weight excluding hydrogens is 342 g/mol. The maximum absolute atomic E-state index is 10.4. The minimum atomic E-state index is -1.14. The molecule has 1 saturated heterocycles. The van der Waals surface area contributed by atoms with Gasteiger partial charge in [-0.3, -0.25) is 9.56 Å². The van der Waals surface area contributed by atoms with E-state index in [-0.39, 0.29) is 11.8 Å². The van der Waals surface area contributed by atoms with E-state index in [4.69, 9.17) is 21.9 Å². The highest BCUT2D eigenvalue weighted by Crippen LogP contribution is 2.32. The lowest BCUT2D eigenvalue weighted by Crippen LogP contribution is -2.39. The summed E-state index contributed by atoms with van der Waals surface area (Å²) >= 11 is 0. The molecule has 1 aliphatic heterocycles. The summed E-state index contributed by atoms with van der Waals surface area (Å²) in [5.41, 5.74) is 17.2. The summed E-state index contributed by atoms with van der Waals surface area (Å²) in [6, 6.07) is 0. The Morgan fingerprint density at radius 2 is 2.08 bits per heavy atom. The molecule has 3 rings (SSSR count). The zero-order chi connectivity index (χ0) is 18.8. The number of ether oxygens (including phenoxy) is 1. The van der Waals surface area contributed by atoms with Gasteiger partial charge in [0.15, 0.2) is 23.7 Å². The number of aliphatic imine (C=N–C) groups is 1. The van der Waals surface area contributed by atoms with E-state index in [1.807, 2.05) is 11.9 Å². The highest BCUT2D eigenvalue weighted by atomic mass is 16.6. The normalized spacial score (nSPS) is 25.8. The average molecular weight is 365 g/mol. The van der Waals surface area contributed by atoms with Crippen molar-refractivity contribution in [1.82, 2.24) is 24.4 Å². The first-order chi connectivity index (χ1) is 12.4. The van der Waals surface area contributed by atoms with Gasteiger partial charge in [-0.05, 0) is 7.05 Å². The fourth-order valence-corrected chi connectivity index (χ4v) is 2.91. The van der Waals surface area contributed by atoms with Crippen molar-refractivity contribution in [2.45, 2.75) is 24.5 Å². The van der Waals surface area contributed by atoms with E-state index in [0.29, 0.717) is 30.8 Å². The van der Waals surface area contributed by atoms with Crippen LogP contribution in [0.4, 0.5) is 5.82 Å². The number of guanidine groups is 1. The summed E-state index contributed by atoms with van der Waals surface area (Å²) in [4.78, 5) is 18.0. The molecule has 0 radical (unpaired) electrons. The Morgan fingerprint density at radius 3 is 2.81 bits per heavy atom. The van der Waals surface area contributed by atoms with E-state index < -0.39 is 24.5 Å². The SMILES string of the molecule is CN(CCN=C(N)N)C[C@H]1O[C@@H](n2cnc3c(N)ncnc32)[C@H](O)[C@@H]1O. The van der Waals surface area contributed by atoms with E-state index in [9.17, 15) is 10.2 Å². The van der Waals surface area contributed by atoms with Crippen molar-refractivity contribution in [1.29, 1.82) is 0 Å². The molecule has 4 atom stereocenters. The van der Waals surface area contributed by atoms with Crippen LogP contribution in [0.5, 0.6) is 0 Å². The lowest BCUT2D eigenvalue weighted by atomic mass is 10.1. The number of hydrogen-bond acceptors (Lipinski definition) is 9. The van der Waals surface area contributed by atoms with Crippen molar-refractivity contribution in [3.05, 3.63) is 12.7 Å². The van der Waals surface area contributed by atoms with Crippen LogP contribution in [0.15, 0.2) is 17.6 Å². The summed E-state index contributed by atoms with van der Waals surface area (Å²) in [5, 5.41) is 20.8. The molecule has 26 heavy (non-hydrogen) atoms. The van der Waals surface area contributed by atoms with Crippen molar-refractivity contribution in [2.24, 2.45) is 16.5 Å². The van der Waals surface area contributed by atoms with Gasteiger partial charge in [-0.25, -0.2) is 15.0 Å². The van der Waals surface area contributed by atoms with Crippen molar-refractivity contribution in [3.63, 3.8) is 0 Å². The van der Waals surface area contributed by atoms with Crippen LogP contribution in [0.25, 0.3) is 11.2 Å². The summed E-state index contributed by atoms with van der Waals surface area (Å²) in [5.74, 6) is 0.261. The van der Waals surface area contributed by atoms with Crippen molar-refractivity contribution >= 4 is 22.9 Å². The fraction of sp³-hybridized carbons (Fsp3) is 0.571. The predicted octanol–water partition coefficient (Wildman–Crippen LogP) is -2.77. The van der Waals surface area contributed by atoms with Gasteiger partial charge in [-0.15, -0.1) is 0 Å². The topological polar surface area (TPSA) is 187 Å². The number of rotatable bonds is 6. The van der Waals surface area contributed by atoms with Crippen LogP contribution < -0.4 is 17.2 Å². The van der Waals surface area contributed by atoms with E-state index in [0.717, 1.165) is 0 Å². The smallest absolute Gasteiger partial charge is 0.185 e. The third kappa shape index (κ3) is 3.53. The Morgan fingerprint density at radius 1 is 1.31 bits per heavy atom. The Labute approximate surface area is 149 Å². The molecule has 142 valence electrons.